The number of hydrogen-bond donors (Lipinski definition) is 1. The standard InChI is InChI=1S/C18H21ClN2O3S/c1-13(22)14-7-6-8-15(11-14)25(23,24)20-12-18(21(2)3)16-9-4-5-10-17(16)19/h4-11,18,20H,12H2,1-3H3/t18-/m0/s1. The zero-order chi connectivity index (χ0) is 18.6. The molecule has 0 aliphatic heterocycles. The second kappa shape index (κ2) is 8.10. The molecule has 2 aromatic rings. The van der Waals surface area contributed by atoms with Crippen molar-refractivity contribution in [3.8, 4) is 0 Å². The van der Waals surface area contributed by atoms with E-state index in [9.17, 15) is 13.2 Å². The average molecular weight is 381 g/mol. The predicted molar refractivity (Wildman–Crippen MR) is 99.5 cm³/mol. The van der Waals surface area contributed by atoms with Crippen molar-refractivity contribution in [3.05, 3.63) is 64.7 Å². The lowest BCUT2D eigenvalue weighted by Crippen LogP contribution is -2.34. The van der Waals surface area contributed by atoms with Gasteiger partial charge >= 0.3 is 0 Å². The highest BCUT2D eigenvalue weighted by molar-refractivity contribution is 7.89. The molecule has 134 valence electrons. The van der Waals surface area contributed by atoms with Crippen molar-refractivity contribution < 1.29 is 13.2 Å². The van der Waals surface area contributed by atoms with Crippen molar-refractivity contribution in [2.75, 3.05) is 20.6 Å². The van der Waals surface area contributed by atoms with Gasteiger partial charge in [-0.05, 0) is 44.8 Å². The van der Waals surface area contributed by atoms with Crippen LogP contribution in [0.2, 0.25) is 5.02 Å². The van der Waals surface area contributed by atoms with E-state index in [-0.39, 0.29) is 23.3 Å². The molecule has 0 bridgehead atoms. The summed E-state index contributed by atoms with van der Waals surface area (Å²) in [6, 6.07) is 13.1. The molecule has 0 spiro atoms. The summed E-state index contributed by atoms with van der Waals surface area (Å²) in [5.41, 5.74) is 1.20. The highest BCUT2D eigenvalue weighted by atomic mass is 35.5. The van der Waals surface area contributed by atoms with Crippen molar-refractivity contribution in [2.45, 2.75) is 17.9 Å². The molecule has 25 heavy (non-hydrogen) atoms. The number of benzene rings is 2. The first-order valence-corrected chi connectivity index (χ1v) is 9.60. The van der Waals surface area contributed by atoms with Gasteiger partial charge in [0.15, 0.2) is 5.78 Å². The maximum atomic E-state index is 12.6. The normalized spacial score (nSPS) is 13.0. The first-order chi connectivity index (χ1) is 11.7. The van der Waals surface area contributed by atoms with Gasteiger partial charge in [0.25, 0.3) is 0 Å². The number of sulfonamides is 1. The molecule has 0 aliphatic rings. The Morgan fingerprint density at radius 2 is 1.84 bits per heavy atom. The van der Waals surface area contributed by atoms with Crippen LogP contribution in [-0.4, -0.2) is 39.7 Å². The van der Waals surface area contributed by atoms with Crippen LogP contribution in [0.4, 0.5) is 0 Å². The lowest BCUT2D eigenvalue weighted by atomic mass is 10.1. The van der Waals surface area contributed by atoms with Crippen molar-refractivity contribution in [2.24, 2.45) is 0 Å². The zero-order valence-corrected chi connectivity index (χ0v) is 15.9. The highest BCUT2D eigenvalue weighted by Crippen LogP contribution is 2.26. The first kappa shape index (κ1) is 19.6. The molecular formula is C18H21ClN2O3S. The van der Waals surface area contributed by atoms with Gasteiger partial charge in [0, 0.05) is 23.2 Å². The molecule has 0 fully saturated rings. The fourth-order valence-electron chi connectivity index (χ4n) is 2.47. The number of hydrogen-bond acceptors (Lipinski definition) is 4. The van der Waals surface area contributed by atoms with Gasteiger partial charge < -0.3 is 4.90 Å². The Hall–Kier alpha value is -1.73. The van der Waals surface area contributed by atoms with Crippen molar-refractivity contribution in [1.29, 1.82) is 0 Å². The number of nitrogens with zero attached hydrogens (tertiary/aromatic N) is 1. The fourth-order valence-corrected chi connectivity index (χ4v) is 3.82. The second-order valence-corrected chi connectivity index (χ2v) is 8.11. The molecule has 0 amide bonds. The second-order valence-electron chi connectivity index (χ2n) is 5.94. The largest absolute Gasteiger partial charge is 0.301 e. The molecule has 0 aromatic heterocycles. The SMILES string of the molecule is CC(=O)c1cccc(S(=O)(=O)NC[C@@H](c2ccccc2Cl)N(C)C)c1. The van der Waals surface area contributed by atoms with Crippen molar-refractivity contribution in [1.82, 2.24) is 9.62 Å². The zero-order valence-electron chi connectivity index (χ0n) is 14.4. The van der Waals surface area contributed by atoms with Gasteiger partial charge in [0.05, 0.1) is 4.90 Å². The van der Waals surface area contributed by atoms with Crippen LogP contribution < -0.4 is 4.72 Å². The smallest absolute Gasteiger partial charge is 0.240 e. The number of rotatable bonds is 7. The molecule has 0 heterocycles. The average Bonchev–Trinajstić information content (AvgIpc) is 2.56. The van der Waals surface area contributed by atoms with Gasteiger partial charge in [-0.2, -0.15) is 0 Å². The summed E-state index contributed by atoms with van der Waals surface area (Å²) in [6.45, 7) is 1.56. The summed E-state index contributed by atoms with van der Waals surface area (Å²) >= 11 is 6.24. The minimum absolute atomic E-state index is 0.0665. The first-order valence-electron chi connectivity index (χ1n) is 7.74. The Bertz CT molecular complexity index is 866. The Morgan fingerprint density at radius 3 is 2.44 bits per heavy atom. The number of likely N-dealkylation sites (N-methyl/N-ethyl adjacent to an activating group) is 1. The summed E-state index contributed by atoms with van der Waals surface area (Å²) in [5, 5.41) is 0.582. The summed E-state index contributed by atoms with van der Waals surface area (Å²) < 4.78 is 27.8. The Kier molecular flexibility index (Phi) is 6.35. The quantitative estimate of drug-likeness (QED) is 0.749. The molecule has 0 saturated carbocycles. The van der Waals surface area contributed by atoms with Crippen LogP contribution in [0.25, 0.3) is 0 Å². The Balaban J connectivity index is 2.24. The van der Waals surface area contributed by atoms with Crippen LogP contribution in [0, 0.1) is 0 Å². The molecule has 0 aliphatic carbocycles. The van der Waals surface area contributed by atoms with E-state index < -0.39 is 10.0 Å². The summed E-state index contributed by atoms with van der Waals surface area (Å²) in [7, 11) is -0.0181. The van der Waals surface area contributed by atoms with E-state index in [1.165, 1.54) is 19.1 Å². The summed E-state index contributed by atoms with van der Waals surface area (Å²) in [5.74, 6) is -0.181. The third kappa shape index (κ3) is 4.89. The van der Waals surface area contributed by atoms with Gasteiger partial charge in [0.2, 0.25) is 10.0 Å². The van der Waals surface area contributed by atoms with E-state index >= 15 is 0 Å². The van der Waals surface area contributed by atoms with Gasteiger partial charge in [-0.1, -0.05) is 41.9 Å². The third-order valence-electron chi connectivity index (χ3n) is 3.91. The molecule has 2 aromatic carbocycles. The monoisotopic (exact) mass is 380 g/mol. The van der Waals surface area contributed by atoms with E-state index in [0.29, 0.717) is 10.6 Å². The number of Topliss-reactive ketones (excluding diaryl/α,β-unsaturated/α-hetero) is 1. The third-order valence-corrected chi connectivity index (χ3v) is 5.67. The van der Waals surface area contributed by atoms with E-state index in [1.54, 1.807) is 18.2 Å². The van der Waals surface area contributed by atoms with Crippen LogP contribution in [0.5, 0.6) is 0 Å². The predicted octanol–water partition coefficient (Wildman–Crippen LogP) is 3.12. The minimum Gasteiger partial charge on any atom is -0.301 e. The summed E-state index contributed by atoms with van der Waals surface area (Å²) in [6.07, 6.45) is 0. The summed E-state index contributed by atoms with van der Waals surface area (Å²) in [4.78, 5) is 13.4. The van der Waals surface area contributed by atoms with Crippen molar-refractivity contribution in [3.63, 3.8) is 0 Å². The number of ketones is 1. The van der Waals surface area contributed by atoms with Gasteiger partial charge in [0.1, 0.15) is 0 Å². The van der Waals surface area contributed by atoms with E-state index in [0.717, 1.165) is 5.56 Å². The van der Waals surface area contributed by atoms with Crippen LogP contribution in [0.15, 0.2) is 53.4 Å². The molecule has 7 heteroatoms. The lowest BCUT2D eigenvalue weighted by Gasteiger charge is -2.26. The number of carbonyl (C=O) groups is 1. The van der Waals surface area contributed by atoms with Crippen LogP contribution >= 0.6 is 11.6 Å². The Labute approximate surface area is 153 Å². The lowest BCUT2D eigenvalue weighted by molar-refractivity contribution is 0.101. The Morgan fingerprint density at radius 1 is 1.16 bits per heavy atom. The van der Waals surface area contributed by atoms with Gasteiger partial charge in [-0.25, -0.2) is 13.1 Å². The molecule has 0 saturated heterocycles. The van der Waals surface area contributed by atoms with E-state index in [2.05, 4.69) is 4.72 Å². The number of carbonyl (C=O) groups excluding carboxylic acids is 1. The van der Waals surface area contributed by atoms with Crippen molar-refractivity contribution >= 4 is 27.4 Å². The molecule has 0 radical (unpaired) electrons. The molecule has 0 unspecified atom stereocenters. The highest BCUT2D eigenvalue weighted by Gasteiger charge is 2.21. The van der Waals surface area contributed by atoms with E-state index in [1.807, 2.05) is 37.2 Å². The molecule has 2 rings (SSSR count). The molecule has 1 atom stereocenters. The maximum Gasteiger partial charge on any atom is 0.240 e. The minimum atomic E-state index is -3.74. The molecule has 1 N–H and O–H groups in total. The maximum absolute atomic E-state index is 12.6. The fraction of sp³-hybridized carbons (Fsp3) is 0.278. The van der Waals surface area contributed by atoms with Crippen LogP contribution in [0.3, 0.4) is 0 Å². The van der Waals surface area contributed by atoms with Crippen LogP contribution in [-0.2, 0) is 10.0 Å². The number of halogens is 1. The number of nitrogens with one attached hydrogen (secondary N) is 1. The molecular weight excluding hydrogens is 360 g/mol. The van der Waals surface area contributed by atoms with Gasteiger partial charge in [-0.3, -0.25) is 4.79 Å². The van der Waals surface area contributed by atoms with Crippen LogP contribution in [0.1, 0.15) is 28.9 Å². The molecule has 5 nitrogen and oxygen atoms in total. The van der Waals surface area contributed by atoms with E-state index in [4.69, 9.17) is 11.6 Å². The van der Waals surface area contributed by atoms with Gasteiger partial charge in [-0.15, -0.1) is 0 Å². The topological polar surface area (TPSA) is 66.5 Å².